The molecule has 1 saturated heterocycles. The van der Waals surface area contributed by atoms with Crippen molar-refractivity contribution in [2.24, 2.45) is 0 Å². The van der Waals surface area contributed by atoms with Crippen molar-refractivity contribution in [3.8, 4) is 23.1 Å². The van der Waals surface area contributed by atoms with E-state index >= 15 is 0 Å². The first-order valence-electron chi connectivity index (χ1n) is 12.7. The quantitative estimate of drug-likeness (QED) is 0.336. The van der Waals surface area contributed by atoms with Crippen molar-refractivity contribution in [3.63, 3.8) is 0 Å². The van der Waals surface area contributed by atoms with E-state index in [0.29, 0.717) is 35.6 Å². The number of alkyl halides is 3. The largest absolute Gasteiger partial charge is 0.416 e. The number of imidazole rings is 1. The summed E-state index contributed by atoms with van der Waals surface area (Å²) in [6.45, 7) is 2.46. The van der Waals surface area contributed by atoms with Crippen LogP contribution in [-0.4, -0.2) is 49.7 Å². The first-order valence-corrected chi connectivity index (χ1v) is 12.7. The molecule has 4 aromatic rings. The molecule has 0 spiro atoms. The minimum Gasteiger partial charge on any atom is -0.378 e. The summed E-state index contributed by atoms with van der Waals surface area (Å²) in [5.74, 6) is 4.87. The van der Waals surface area contributed by atoms with Gasteiger partial charge < -0.3 is 15.0 Å². The Kier molecular flexibility index (Phi) is 7.72. The molecule has 0 radical (unpaired) electrons. The van der Waals surface area contributed by atoms with Crippen LogP contribution in [0.15, 0.2) is 55.0 Å². The van der Waals surface area contributed by atoms with Gasteiger partial charge in [-0.25, -0.2) is 9.97 Å². The van der Waals surface area contributed by atoms with E-state index < -0.39 is 17.6 Å². The molecular weight excluding hydrogens is 537 g/mol. The number of likely N-dealkylation sites (tertiary alicyclic amines) is 1. The third kappa shape index (κ3) is 5.62. The number of nitrogens with one attached hydrogen (secondary N) is 1. The number of hydrogen-bond donors (Lipinski definition) is 1. The summed E-state index contributed by atoms with van der Waals surface area (Å²) in [4.78, 5) is 40.4. The zero-order valence-electron chi connectivity index (χ0n) is 22.2. The molecule has 5 rings (SSSR count). The molecule has 3 aromatic heterocycles. The van der Waals surface area contributed by atoms with Gasteiger partial charge in [-0.2, -0.15) is 13.2 Å². The smallest absolute Gasteiger partial charge is 0.378 e. The highest BCUT2D eigenvalue weighted by molar-refractivity contribution is 6.04. The summed E-state index contributed by atoms with van der Waals surface area (Å²) in [7, 11) is 1.58. The molecule has 1 aliphatic rings. The Balaban J connectivity index is 1.49. The van der Waals surface area contributed by atoms with Gasteiger partial charge >= 0.3 is 6.18 Å². The predicted molar refractivity (Wildman–Crippen MR) is 143 cm³/mol. The maximum Gasteiger partial charge on any atom is 0.416 e. The normalized spacial score (nSPS) is 15.0. The molecular formula is C29H25F3N6O3. The second-order valence-electron chi connectivity index (χ2n) is 9.36. The van der Waals surface area contributed by atoms with Crippen molar-refractivity contribution in [2.45, 2.75) is 38.6 Å². The number of anilines is 1. The van der Waals surface area contributed by atoms with E-state index in [9.17, 15) is 22.8 Å². The maximum absolute atomic E-state index is 13.0. The van der Waals surface area contributed by atoms with Gasteiger partial charge in [-0.05, 0) is 50.0 Å². The van der Waals surface area contributed by atoms with Gasteiger partial charge in [0, 0.05) is 37.2 Å². The molecule has 1 N–H and O–H groups in total. The standard InChI is InChI=1S/C29H25F3N6O3/c1-3-5-25(39)37-13-4-6-22(37)27-36-26(23-16-33-15-21(17-41-2)38(23)27)18-7-9-19(10-8-18)28(40)35-24-14-20(11-12-34-24)29(30,31)32/h7-12,14-16,22H,4,6,13,17H2,1-2H3,(H,34,35,40)/t22-/m0/s1. The predicted octanol–water partition coefficient (Wildman–Crippen LogP) is 4.90. The molecule has 0 saturated carbocycles. The number of hydrogen-bond acceptors (Lipinski definition) is 6. The van der Waals surface area contributed by atoms with Gasteiger partial charge in [0.1, 0.15) is 11.6 Å². The van der Waals surface area contributed by atoms with Crippen LogP contribution in [0.3, 0.4) is 0 Å². The minimum absolute atomic E-state index is 0.209. The number of amides is 2. The number of nitrogens with zero attached hydrogens (tertiary/aromatic N) is 5. The van der Waals surface area contributed by atoms with Crippen LogP contribution >= 0.6 is 0 Å². The molecule has 12 heteroatoms. The lowest BCUT2D eigenvalue weighted by atomic mass is 10.1. The Morgan fingerprint density at radius 2 is 1.95 bits per heavy atom. The molecule has 4 heterocycles. The monoisotopic (exact) mass is 562 g/mol. The number of carbonyl (C=O) groups is 2. The van der Waals surface area contributed by atoms with Crippen LogP contribution in [0, 0.1) is 11.8 Å². The number of fused-ring (bicyclic) bond motifs is 1. The first kappa shape index (κ1) is 27.8. The van der Waals surface area contributed by atoms with Crippen LogP contribution in [0.1, 0.15) is 53.2 Å². The Hall–Kier alpha value is -4.76. The van der Waals surface area contributed by atoms with Crippen molar-refractivity contribution in [1.29, 1.82) is 0 Å². The molecule has 1 aromatic carbocycles. The van der Waals surface area contributed by atoms with Crippen LogP contribution in [0.25, 0.3) is 16.8 Å². The Bertz CT molecular complexity index is 1670. The highest BCUT2D eigenvalue weighted by atomic mass is 19.4. The van der Waals surface area contributed by atoms with E-state index in [4.69, 9.17) is 9.72 Å². The number of benzene rings is 1. The second-order valence-corrected chi connectivity index (χ2v) is 9.36. The Morgan fingerprint density at radius 3 is 2.66 bits per heavy atom. The number of rotatable bonds is 6. The highest BCUT2D eigenvalue weighted by Gasteiger charge is 2.34. The molecule has 2 amide bonds. The number of pyridine rings is 1. The van der Waals surface area contributed by atoms with E-state index in [0.717, 1.165) is 30.4 Å². The van der Waals surface area contributed by atoms with Gasteiger partial charge in [-0.15, -0.1) is 0 Å². The average molecular weight is 563 g/mol. The Labute approximate surface area is 233 Å². The van der Waals surface area contributed by atoms with Crippen molar-refractivity contribution < 1.29 is 27.5 Å². The average Bonchev–Trinajstić information content (AvgIpc) is 3.59. The minimum atomic E-state index is -4.56. The zero-order valence-corrected chi connectivity index (χ0v) is 22.2. The lowest BCUT2D eigenvalue weighted by Gasteiger charge is -2.22. The van der Waals surface area contributed by atoms with Gasteiger partial charge in [-0.3, -0.25) is 19.0 Å². The molecule has 0 unspecified atom stereocenters. The summed E-state index contributed by atoms with van der Waals surface area (Å²) in [5, 5.41) is 2.41. The lowest BCUT2D eigenvalue weighted by Crippen LogP contribution is -2.30. The van der Waals surface area contributed by atoms with Gasteiger partial charge in [0.15, 0.2) is 0 Å². The molecule has 0 aliphatic carbocycles. The van der Waals surface area contributed by atoms with Crippen LogP contribution in [0.2, 0.25) is 0 Å². The Morgan fingerprint density at radius 1 is 1.17 bits per heavy atom. The van der Waals surface area contributed by atoms with Crippen LogP contribution in [0.5, 0.6) is 0 Å². The second kappa shape index (κ2) is 11.4. The van der Waals surface area contributed by atoms with Gasteiger partial charge in [0.25, 0.3) is 11.8 Å². The van der Waals surface area contributed by atoms with Crippen molar-refractivity contribution >= 4 is 23.1 Å². The van der Waals surface area contributed by atoms with E-state index in [2.05, 4.69) is 27.1 Å². The third-order valence-electron chi connectivity index (χ3n) is 6.73. The van der Waals surface area contributed by atoms with Gasteiger partial charge in [0.2, 0.25) is 0 Å². The first-order chi connectivity index (χ1) is 19.7. The fourth-order valence-electron chi connectivity index (χ4n) is 4.91. The maximum atomic E-state index is 13.0. The summed E-state index contributed by atoms with van der Waals surface area (Å²) in [5.41, 5.74) is 2.04. The zero-order chi connectivity index (χ0) is 29.1. The molecule has 1 atom stereocenters. The SMILES string of the molecule is CC#CC(=O)N1CCC[C@H]1c1nc(-c2ccc(C(=O)Nc3cc(C(F)(F)F)ccn3)cc2)c2cncc(COC)n12. The summed E-state index contributed by atoms with van der Waals surface area (Å²) >= 11 is 0. The fourth-order valence-corrected chi connectivity index (χ4v) is 4.91. The van der Waals surface area contributed by atoms with Gasteiger partial charge in [0.05, 0.1) is 41.3 Å². The molecule has 1 fully saturated rings. The fraction of sp³-hybridized carbons (Fsp3) is 0.276. The number of aromatic nitrogens is 4. The van der Waals surface area contributed by atoms with E-state index in [1.54, 1.807) is 55.6 Å². The number of ether oxygens (including phenoxy) is 1. The molecule has 210 valence electrons. The van der Waals surface area contributed by atoms with Crippen LogP contribution < -0.4 is 5.32 Å². The molecule has 0 bridgehead atoms. The number of halogens is 3. The van der Waals surface area contributed by atoms with Crippen LogP contribution in [0.4, 0.5) is 19.0 Å². The number of methoxy groups -OCH3 is 1. The highest BCUT2D eigenvalue weighted by Crippen LogP contribution is 2.36. The third-order valence-corrected chi connectivity index (χ3v) is 6.73. The summed E-state index contributed by atoms with van der Waals surface area (Å²) < 4.78 is 46.4. The van der Waals surface area contributed by atoms with Crippen LogP contribution in [-0.2, 0) is 22.3 Å². The van der Waals surface area contributed by atoms with Crippen molar-refractivity contribution in [3.05, 3.63) is 77.6 Å². The molecule has 41 heavy (non-hydrogen) atoms. The van der Waals surface area contributed by atoms with Crippen molar-refractivity contribution in [1.82, 2.24) is 24.3 Å². The summed E-state index contributed by atoms with van der Waals surface area (Å²) in [6.07, 6.45) is 1.32. The van der Waals surface area contributed by atoms with E-state index in [1.807, 2.05) is 4.40 Å². The van der Waals surface area contributed by atoms with E-state index in [1.165, 1.54) is 0 Å². The van der Waals surface area contributed by atoms with Crippen molar-refractivity contribution in [2.75, 3.05) is 19.0 Å². The number of carbonyl (C=O) groups excluding carboxylic acids is 2. The lowest BCUT2D eigenvalue weighted by molar-refractivity contribution is -0.137. The van der Waals surface area contributed by atoms with E-state index in [-0.39, 0.29) is 29.9 Å². The molecule has 1 aliphatic heterocycles. The van der Waals surface area contributed by atoms with Gasteiger partial charge in [-0.1, -0.05) is 18.1 Å². The summed E-state index contributed by atoms with van der Waals surface area (Å²) in [6, 6.07) is 7.81. The molecule has 9 nitrogen and oxygen atoms in total. The topological polar surface area (TPSA) is 102 Å².